The van der Waals surface area contributed by atoms with E-state index in [4.69, 9.17) is 4.74 Å². The maximum Gasteiger partial charge on any atom is 0.243 e. The highest BCUT2D eigenvalue weighted by Crippen LogP contribution is 2.23. The summed E-state index contributed by atoms with van der Waals surface area (Å²) in [6, 6.07) is 15.2. The topological polar surface area (TPSA) is 50.4 Å². The van der Waals surface area contributed by atoms with E-state index in [9.17, 15) is 4.79 Å². The smallest absolute Gasteiger partial charge is 0.243 e. The molecular formula is C15H15IN2O2. The number of hydrogen-bond acceptors (Lipinski definition) is 3. The second-order valence-electron chi connectivity index (χ2n) is 4.08. The second-order valence-corrected chi connectivity index (χ2v) is 5.24. The number of ether oxygens (including phenoxy) is 1. The Hall–Kier alpha value is -1.76. The van der Waals surface area contributed by atoms with Gasteiger partial charge in [0.2, 0.25) is 5.91 Å². The van der Waals surface area contributed by atoms with Gasteiger partial charge in [-0.1, -0.05) is 24.3 Å². The summed E-state index contributed by atoms with van der Waals surface area (Å²) in [6.07, 6.45) is 0. The van der Waals surface area contributed by atoms with Gasteiger partial charge in [-0.25, -0.2) is 0 Å². The van der Waals surface area contributed by atoms with E-state index in [1.165, 1.54) is 0 Å². The van der Waals surface area contributed by atoms with Crippen molar-refractivity contribution in [1.82, 2.24) is 0 Å². The molecule has 0 spiro atoms. The molecule has 2 aromatic rings. The molecule has 2 rings (SSSR count). The monoisotopic (exact) mass is 382 g/mol. The molecule has 0 unspecified atom stereocenters. The number of amides is 1. The van der Waals surface area contributed by atoms with Gasteiger partial charge >= 0.3 is 0 Å². The zero-order valence-corrected chi connectivity index (χ0v) is 13.2. The minimum atomic E-state index is -0.117. The number of anilines is 2. The van der Waals surface area contributed by atoms with Crippen LogP contribution in [0.3, 0.4) is 0 Å². The molecule has 0 aliphatic carbocycles. The third kappa shape index (κ3) is 3.86. The number of rotatable bonds is 5. The average Bonchev–Trinajstić information content (AvgIpc) is 2.47. The molecule has 0 aromatic heterocycles. The van der Waals surface area contributed by atoms with E-state index >= 15 is 0 Å². The van der Waals surface area contributed by atoms with E-state index in [2.05, 4.69) is 33.2 Å². The zero-order valence-electron chi connectivity index (χ0n) is 11.0. The first-order chi connectivity index (χ1) is 9.70. The molecule has 0 atom stereocenters. The minimum Gasteiger partial charge on any atom is -0.495 e. The Morgan fingerprint density at radius 2 is 1.75 bits per heavy atom. The molecule has 0 radical (unpaired) electrons. The molecule has 2 aromatic carbocycles. The molecule has 104 valence electrons. The van der Waals surface area contributed by atoms with Crippen LogP contribution in [0.25, 0.3) is 0 Å². The maximum atomic E-state index is 11.9. The van der Waals surface area contributed by atoms with Crippen LogP contribution in [-0.4, -0.2) is 19.6 Å². The van der Waals surface area contributed by atoms with Crippen LogP contribution in [0.15, 0.2) is 48.5 Å². The van der Waals surface area contributed by atoms with Crippen molar-refractivity contribution in [2.75, 3.05) is 24.3 Å². The van der Waals surface area contributed by atoms with E-state index in [1.54, 1.807) is 7.11 Å². The van der Waals surface area contributed by atoms with Crippen LogP contribution in [0.1, 0.15) is 0 Å². The number of methoxy groups -OCH3 is 1. The number of benzene rings is 2. The van der Waals surface area contributed by atoms with Crippen LogP contribution in [0, 0.1) is 3.57 Å². The Balaban J connectivity index is 1.95. The summed E-state index contributed by atoms with van der Waals surface area (Å²) < 4.78 is 6.27. The van der Waals surface area contributed by atoms with Crippen molar-refractivity contribution in [3.8, 4) is 5.75 Å². The molecule has 0 bridgehead atoms. The minimum absolute atomic E-state index is 0.117. The number of para-hydroxylation sites is 3. The van der Waals surface area contributed by atoms with Crippen LogP contribution >= 0.6 is 22.6 Å². The fourth-order valence-corrected chi connectivity index (χ4v) is 2.30. The molecule has 4 nitrogen and oxygen atoms in total. The van der Waals surface area contributed by atoms with Gasteiger partial charge in [-0.15, -0.1) is 0 Å². The molecule has 0 heterocycles. The van der Waals surface area contributed by atoms with Crippen molar-refractivity contribution in [3.63, 3.8) is 0 Å². The lowest BCUT2D eigenvalue weighted by atomic mass is 10.3. The standard InChI is InChI=1S/C15H15IN2O2/c1-20-14-9-5-4-8-13(14)18-15(19)10-17-12-7-3-2-6-11(12)16/h2-9,17H,10H2,1H3,(H,18,19). The molecule has 1 amide bonds. The lowest BCUT2D eigenvalue weighted by Crippen LogP contribution is -2.22. The second kappa shape index (κ2) is 7.14. The van der Waals surface area contributed by atoms with Crippen molar-refractivity contribution in [1.29, 1.82) is 0 Å². The van der Waals surface area contributed by atoms with Gasteiger partial charge in [0.1, 0.15) is 5.75 Å². The lowest BCUT2D eigenvalue weighted by molar-refractivity contribution is -0.114. The molecule has 20 heavy (non-hydrogen) atoms. The van der Waals surface area contributed by atoms with E-state index < -0.39 is 0 Å². The van der Waals surface area contributed by atoms with Gasteiger partial charge in [-0.05, 0) is 46.9 Å². The fourth-order valence-electron chi connectivity index (χ4n) is 1.72. The van der Waals surface area contributed by atoms with Crippen molar-refractivity contribution in [2.24, 2.45) is 0 Å². The summed E-state index contributed by atoms with van der Waals surface area (Å²) in [6.45, 7) is 0.206. The molecule has 0 fully saturated rings. The zero-order chi connectivity index (χ0) is 14.4. The molecule has 0 aliphatic rings. The quantitative estimate of drug-likeness (QED) is 0.780. The summed E-state index contributed by atoms with van der Waals surface area (Å²) in [5, 5.41) is 5.93. The van der Waals surface area contributed by atoms with E-state index in [0.29, 0.717) is 11.4 Å². The van der Waals surface area contributed by atoms with E-state index in [0.717, 1.165) is 9.26 Å². The van der Waals surface area contributed by atoms with Gasteiger partial charge < -0.3 is 15.4 Å². The first kappa shape index (κ1) is 14.6. The maximum absolute atomic E-state index is 11.9. The Morgan fingerprint density at radius 1 is 1.10 bits per heavy atom. The van der Waals surface area contributed by atoms with Crippen LogP contribution in [0.4, 0.5) is 11.4 Å². The number of halogens is 1. The summed E-state index contributed by atoms with van der Waals surface area (Å²) >= 11 is 2.23. The fraction of sp³-hybridized carbons (Fsp3) is 0.133. The molecule has 5 heteroatoms. The summed E-state index contributed by atoms with van der Waals surface area (Å²) in [7, 11) is 1.58. The van der Waals surface area contributed by atoms with Gasteiger partial charge in [-0.2, -0.15) is 0 Å². The van der Waals surface area contributed by atoms with Crippen molar-refractivity contribution < 1.29 is 9.53 Å². The predicted octanol–water partition coefficient (Wildman–Crippen LogP) is 3.35. The van der Waals surface area contributed by atoms with Crippen LogP contribution in [0.2, 0.25) is 0 Å². The van der Waals surface area contributed by atoms with Gasteiger partial charge in [-0.3, -0.25) is 4.79 Å². The Morgan fingerprint density at radius 3 is 2.45 bits per heavy atom. The van der Waals surface area contributed by atoms with E-state index in [1.807, 2.05) is 48.5 Å². The average molecular weight is 382 g/mol. The van der Waals surface area contributed by atoms with Gasteiger partial charge in [0, 0.05) is 9.26 Å². The molecule has 0 saturated heterocycles. The number of carbonyl (C=O) groups is 1. The Kier molecular flexibility index (Phi) is 5.23. The number of nitrogens with one attached hydrogen (secondary N) is 2. The van der Waals surface area contributed by atoms with Crippen LogP contribution in [-0.2, 0) is 4.79 Å². The molecule has 0 saturated carbocycles. The molecule has 2 N–H and O–H groups in total. The largest absolute Gasteiger partial charge is 0.495 e. The van der Waals surface area contributed by atoms with Crippen molar-refractivity contribution in [2.45, 2.75) is 0 Å². The lowest BCUT2D eigenvalue weighted by Gasteiger charge is -2.11. The third-order valence-corrected chi connectivity index (χ3v) is 3.63. The third-order valence-electron chi connectivity index (χ3n) is 2.69. The highest BCUT2D eigenvalue weighted by Gasteiger charge is 2.07. The summed E-state index contributed by atoms with van der Waals surface area (Å²) in [5.41, 5.74) is 1.62. The van der Waals surface area contributed by atoms with Gasteiger partial charge in [0.05, 0.1) is 19.3 Å². The highest BCUT2D eigenvalue weighted by molar-refractivity contribution is 14.1. The van der Waals surface area contributed by atoms with E-state index in [-0.39, 0.29) is 12.5 Å². The summed E-state index contributed by atoms with van der Waals surface area (Å²) in [5.74, 6) is 0.532. The number of carbonyl (C=O) groups excluding carboxylic acids is 1. The SMILES string of the molecule is COc1ccccc1NC(=O)CNc1ccccc1I. The van der Waals surface area contributed by atoms with Crippen LogP contribution in [0.5, 0.6) is 5.75 Å². The Bertz CT molecular complexity index is 602. The van der Waals surface area contributed by atoms with Crippen molar-refractivity contribution in [3.05, 3.63) is 52.1 Å². The van der Waals surface area contributed by atoms with Crippen molar-refractivity contribution >= 4 is 39.9 Å². The molecular weight excluding hydrogens is 367 g/mol. The van der Waals surface area contributed by atoms with Crippen LogP contribution < -0.4 is 15.4 Å². The normalized spacial score (nSPS) is 9.90. The summed E-state index contributed by atoms with van der Waals surface area (Å²) in [4.78, 5) is 11.9. The van der Waals surface area contributed by atoms with Gasteiger partial charge in [0.25, 0.3) is 0 Å². The highest BCUT2D eigenvalue weighted by atomic mass is 127. The van der Waals surface area contributed by atoms with Gasteiger partial charge in [0.15, 0.2) is 0 Å². The number of hydrogen-bond donors (Lipinski definition) is 2. The molecule has 0 aliphatic heterocycles. The predicted molar refractivity (Wildman–Crippen MR) is 89.3 cm³/mol. The Labute approximate surface area is 131 Å². The first-order valence-corrected chi connectivity index (χ1v) is 7.20. The first-order valence-electron chi connectivity index (χ1n) is 6.12.